The quantitative estimate of drug-likeness (QED) is 0.146. The van der Waals surface area contributed by atoms with Gasteiger partial charge >= 0.3 is 30.2 Å². The number of aromatic hydroxyl groups is 2. The van der Waals surface area contributed by atoms with E-state index in [1.807, 2.05) is 72.7 Å². The Bertz CT molecular complexity index is 1140. The first-order chi connectivity index (χ1) is 19.2. The van der Waals surface area contributed by atoms with Crippen LogP contribution in [0.1, 0.15) is 81.3 Å². The van der Waals surface area contributed by atoms with Gasteiger partial charge in [-0.2, -0.15) is 46.5 Å². The van der Waals surface area contributed by atoms with Gasteiger partial charge in [0.05, 0.1) is 0 Å². The Morgan fingerprint density at radius 3 is 1.12 bits per heavy atom. The third-order valence-corrected chi connectivity index (χ3v) is 7.57. The Balaban J connectivity index is 0.000000515. The fourth-order valence-corrected chi connectivity index (χ4v) is 5.57. The summed E-state index contributed by atoms with van der Waals surface area (Å²) in [4.78, 5) is 0. The molecule has 0 radical (unpaired) electrons. The van der Waals surface area contributed by atoms with Crippen molar-refractivity contribution in [3.05, 3.63) is 131 Å². The molecule has 42 heavy (non-hydrogen) atoms. The van der Waals surface area contributed by atoms with Gasteiger partial charge in [-0.1, -0.05) is 86.8 Å². The molecule has 0 saturated heterocycles. The van der Waals surface area contributed by atoms with Crippen LogP contribution in [-0.2, 0) is 49.0 Å². The van der Waals surface area contributed by atoms with Crippen LogP contribution in [0.25, 0.3) is 0 Å². The van der Waals surface area contributed by atoms with Crippen molar-refractivity contribution in [3.8, 4) is 11.5 Å². The molecule has 2 N–H and O–H groups in total. The predicted molar refractivity (Wildman–Crippen MR) is 183 cm³/mol. The van der Waals surface area contributed by atoms with Crippen LogP contribution in [0.5, 0.6) is 11.5 Å². The zero-order valence-electron chi connectivity index (χ0n) is 27.5. The van der Waals surface area contributed by atoms with Crippen molar-refractivity contribution in [2.45, 2.75) is 92.9 Å². The number of hydrogen-bond acceptors (Lipinski definition) is 2. The van der Waals surface area contributed by atoms with E-state index in [2.05, 4.69) is 36.4 Å². The second kappa shape index (κ2) is 20.7. The monoisotopic (exact) mass is 660 g/mol. The summed E-state index contributed by atoms with van der Waals surface area (Å²) >= 11 is 1.58. The number of phenolic OH excluding ortho intramolecular Hbond substituents is 2. The molecule has 0 saturated carbocycles. The van der Waals surface area contributed by atoms with Crippen molar-refractivity contribution in [1.29, 1.82) is 0 Å². The van der Waals surface area contributed by atoms with E-state index in [0.29, 0.717) is 11.5 Å². The molecule has 0 amide bonds. The molecular weight excluding hydrogens is 608 g/mol. The molecule has 0 fully saturated rings. The van der Waals surface area contributed by atoms with Crippen LogP contribution in [0.2, 0.25) is 0 Å². The molecule has 0 atom stereocenters. The van der Waals surface area contributed by atoms with Crippen molar-refractivity contribution in [3.63, 3.8) is 0 Å². The summed E-state index contributed by atoms with van der Waals surface area (Å²) in [5.41, 5.74) is 12.6. The average molecular weight is 662 g/mol. The van der Waals surface area contributed by atoms with Crippen molar-refractivity contribution in [2.24, 2.45) is 0 Å². The number of phenols is 2. The second-order valence-corrected chi connectivity index (χ2v) is 11.1. The van der Waals surface area contributed by atoms with Crippen LogP contribution in [0.15, 0.2) is 60.7 Å². The number of rotatable bonds is 0. The van der Waals surface area contributed by atoms with Crippen LogP contribution >= 0.6 is 0 Å². The third-order valence-electron chi connectivity index (χ3n) is 7.57. The van der Waals surface area contributed by atoms with E-state index in [-0.39, 0.29) is 14.9 Å². The molecule has 0 unspecified atom stereocenters. The number of aryl methyl sites for hydroxylation is 10. The molecule has 2 nitrogen and oxygen atoms in total. The van der Waals surface area contributed by atoms with Crippen LogP contribution in [0.4, 0.5) is 0 Å². The van der Waals surface area contributed by atoms with Gasteiger partial charge in [0.1, 0.15) is 11.5 Å². The largest absolute Gasteiger partial charge is 0.210 e. The minimum Gasteiger partial charge on any atom is -0.210 e. The first-order valence-corrected chi connectivity index (χ1v) is 20.4. The van der Waals surface area contributed by atoms with Crippen molar-refractivity contribution in [1.82, 2.24) is 0 Å². The third kappa shape index (κ3) is 12.6. The standard InChI is InChI=1S/2C9H12O.2C9H11.2CH3.H2Si.Zr/c2*1-6-4-7(2)9(10)8(3)5-6;2*1-2-5-9-7-3-6-8(9)4-1;;;;/h2*4-5,10H,1-3H3;2*3,6-7H,1-2,4-5H2;2*1H3;1H2;/q;;4*-1;;. The Hall–Kier alpha value is -2.16. The van der Waals surface area contributed by atoms with Crippen LogP contribution < -0.4 is 0 Å². The van der Waals surface area contributed by atoms with Crippen LogP contribution in [-0.4, -0.2) is 17.1 Å². The first kappa shape index (κ1) is 39.8. The molecular formula is C38H54O2SiZr-4. The molecule has 4 aromatic carbocycles. The summed E-state index contributed by atoms with van der Waals surface area (Å²) in [6.07, 6.45) is 10.9. The van der Waals surface area contributed by atoms with E-state index in [9.17, 15) is 10.2 Å². The molecule has 6 rings (SSSR count). The Labute approximate surface area is 274 Å². The van der Waals surface area contributed by atoms with Gasteiger partial charge in [0.15, 0.2) is 0 Å². The molecule has 2 aliphatic rings. The topological polar surface area (TPSA) is 40.5 Å². The summed E-state index contributed by atoms with van der Waals surface area (Å²) in [5.74, 6) is 0.844. The van der Waals surface area contributed by atoms with E-state index in [0.717, 1.165) is 22.3 Å². The van der Waals surface area contributed by atoms with E-state index in [1.54, 1.807) is 45.6 Å². The van der Waals surface area contributed by atoms with Crippen molar-refractivity contribution in [2.75, 3.05) is 0 Å². The normalized spacial score (nSPS) is 12.2. The zero-order chi connectivity index (χ0) is 29.7. The zero-order valence-corrected chi connectivity index (χ0v) is 31.4. The summed E-state index contributed by atoms with van der Waals surface area (Å²) in [7, 11) is 0. The fraction of sp³-hybridized carbons (Fsp3) is 0.368. The molecule has 0 heterocycles. The summed E-state index contributed by atoms with van der Waals surface area (Å²) < 4.78 is 0. The summed E-state index contributed by atoms with van der Waals surface area (Å²) in [6.45, 7) is 13.7. The van der Waals surface area contributed by atoms with Crippen molar-refractivity contribution < 1.29 is 33.5 Å². The van der Waals surface area contributed by atoms with Gasteiger partial charge in [0, 0.05) is 0 Å². The summed E-state index contributed by atoms with van der Waals surface area (Å²) in [6, 6.07) is 21.3. The van der Waals surface area contributed by atoms with E-state index in [4.69, 9.17) is 0 Å². The molecule has 230 valence electrons. The fourth-order valence-electron chi connectivity index (χ4n) is 5.57. The predicted octanol–water partition coefficient (Wildman–Crippen LogP) is 9.19. The second-order valence-electron chi connectivity index (χ2n) is 11.1. The Morgan fingerprint density at radius 1 is 0.548 bits per heavy atom. The summed E-state index contributed by atoms with van der Waals surface area (Å²) in [5, 5.41) is 18.7. The van der Waals surface area contributed by atoms with Gasteiger partial charge in [-0.3, -0.25) is 0 Å². The molecule has 0 spiro atoms. The van der Waals surface area contributed by atoms with E-state index < -0.39 is 0 Å². The van der Waals surface area contributed by atoms with Crippen LogP contribution in [0.3, 0.4) is 0 Å². The van der Waals surface area contributed by atoms with Gasteiger partial charge in [-0.25, -0.2) is 12.1 Å². The maximum atomic E-state index is 9.33. The van der Waals surface area contributed by atoms with Crippen molar-refractivity contribution >= 4 is 6.88 Å². The molecule has 0 bridgehead atoms. The SMILES string of the molecule is Cc1cc(C)c(O)c(C)c1.Cc1cc(C)c(O)c(C)c1.[CH3-].[CH3-].[SiH2]=[Zr].c1cc2c([cH-]1)CCCC2.c1cc2c([cH-]1)CCCC2. The molecule has 0 aliphatic heterocycles. The van der Waals surface area contributed by atoms with Gasteiger partial charge in [0.2, 0.25) is 0 Å². The molecule has 2 aliphatic carbocycles. The maximum absolute atomic E-state index is 9.33. The maximum Gasteiger partial charge on any atom is -0.0512 e. The Morgan fingerprint density at radius 2 is 0.833 bits per heavy atom. The number of benzene rings is 2. The van der Waals surface area contributed by atoms with E-state index in [1.165, 1.54) is 62.5 Å². The van der Waals surface area contributed by atoms with Crippen LogP contribution in [0, 0.1) is 56.4 Å². The minimum absolute atomic E-state index is 0. The molecule has 4 aromatic rings. The Kier molecular flexibility index (Phi) is 19.6. The smallest absolute Gasteiger partial charge is 0.0512 e. The number of hydrogen-bond donors (Lipinski definition) is 2. The van der Waals surface area contributed by atoms with Gasteiger partial charge in [0.25, 0.3) is 0 Å². The van der Waals surface area contributed by atoms with Gasteiger partial charge < -0.3 is 25.1 Å². The van der Waals surface area contributed by atoms with Gasteiger partial charge in [-0.05, 0) is 63.8 Å². The molecule has 4 heteroatoms. The minimum atomic E-state index is 0. The number of fused-ring (bicyclic) bond motifs is 2. The van der Waals surface area contributed by atoms with E-state index >= 15 is 0 Å². The first-order valence-electron chi connectivity index (χ1n) is 14.5. The molecule has 0 aromatic heterocycles. The van der Waals surface area contributed by atoms with Gasteiger partial charge in [-0.15, -0.1) is 0 Å². The average Bonchev–Trinajstić information content (AvgIpc) is 3.62.